The van der Waals surface area contributed by atoms with Gasteiger partial charge in [0.1, 0.15) is 0 Å². The van der Waals surface area contributed by atoms with Crippen molar-refractivity contribution < 1.29 is 9.59 Å². The van der Waals surface area contributed by atoms with Crippen molar-refractivity contribution in [2.45, 2.75) is 13.3 Å². The minimum absolute atomic E-state index is 0.139. The molecular formula is C17H17BrN2O2. The summed E-state index contributed by atoms with van der Waals surface area (Å²) in [7, 11) is 0. The van der Waals surface area contributed by atoms with Crippen LogP contribution >= 0.6 is 15.9 Å². The Bertz CT molecular complexity index is 686. The molecule has 0 heterocycles. The van der Waals surface area contributed by atoms with Gasteiger partial charge in [-0.2, -0.15) is 0 Å². The lowest BCUT2D eigenvalue weighted by molar-refractivity contribution is 0.0952. The van der Waals surface area contributed by atoms with Gasteiger partial charge in [-0.05, 0) is 42.8 Å². The summed E-state index contributed by atoms with van der Waals surface area (Å²) in [6, 6.07) is 14.0. The third kappa shape index (κ3) is 4.43. The van der Waals surface area contributed by atoms with Crippen LogP contribution in [0.2, 0.25) is 0 Å². The zero-order valence-corrected chi connectivity index (χ0v) is 13.8. The third-order valence-corrected chi connectivity index (χ3v) is 3.50. The molecule has 114 valence electrons. The van der Waals surface area contributed by atoms with Gasteiger partial charge in [0, 0.05) is 27.8 Å². The number of nitrogens with one attached hydrogen (secondary N) is 2. The van der Waals surface area contributed by atoms with Crippen molar-refractivity contribution in [1.29, 1.82) is 0 Å². The Kier molecular flexibility index (Phi) is 5.72. The van der Waals surface area contributed by atoms with Gasteiger partial charge in [-0.15, -0.1) is 0 Å². The van der Waals surface area contributed by atoms with E-state index in [1.54, 1.807) is 42.5 Å². The van der Waals surface area contributed by atoms with Crippen LogP contribution in [0.4, 0.5) is 5.69 Å². The Hall–Kier alpha value is -2.14. The van der Waals surface area contributed by atoms with Gasteiger partial charge >= 0.3 is 0 Å². The van der Waals surface area contributed by atoms with E-state index in [-0.39, 0.29) is 11.8 Å². The first kappa shape index (κ1) is 16.2. The van der Waals surface area contributed by atoms with Crippen molar-refractivity contribution in [3.05, 3.63) is 64.1 Å². The van der Waals surface area contributed by atoms with Gasteiger partial charge in [0.2, 0.25) is 0 Å². The highest BCUT2D eigenvalue weighted by Crippen LogP contribution is 2.15. The van der Waals surface area contributed by atoms with E-state index in [1.165, 1.54) is 0 Å². The van der Waals surface area contributed by atoms with Crippen molar-refractivity contribution in [3.63, 3.8) is 0 Å². The lowest BCUT2D eigenvalue weighted by Gasteiger charge is -2.08. The molecule has 2 N–H and O–H groups in total. The van der Waals surface area contributed by atoms with Gasteiger partial charge in [0.05, 0.1) is 0 Å². The van der Waals surface area contributed by atoms with Crippen LogP contribution in [0.3, 0.4) is 0 Å². The summed E-state index contributed by atoms with van der Waals surface area (Å²) in [5.41, 5.74) is 1.67. The SMILES string of the molecule is CCCNC(=O)c1cccc(NC(=O)c2cccc(Br)c2)c1. The maximum Gasteiger partial charge on any atom is 0.255 e. The van der Waals surface area contributed by atoms with Crippen molar-refractivity contribution >= 4 is 33.4 Å². The van der Waals surface area contributed by atoms with Crippen LogP contribution < -0.4 is 10.6 Å². The van der Waals surface area contributed by atoms with Gasteiger partial charge in [0.15, 0.2) is 0 Å². The van der Waals surface area contributed by atoms with E-state index in [9.17, 15) is 9.59 Å². The van der Waals surface area contributed by atoms with Gasteiger partial charge in [-0.1, -0.05) is 35.0 Å². The minimum Gasteiger partial charge on any atom is -0.352 e. The predicted molar refractivity (Wildman–Crippen MR) is 91.2 cm³/mol. The van der Waals surface area contributed by atoms with E-state index in [2.05, 4.69) is 26.6 Å². The van der Waals surface area contributed by atoms with Gasteiger partial charge in [-0.25, -0.2) is 0 Å². The third-order valence-electron chi connectivity index (χ3n) is 3.00. The van der Waals surface area contributed by atoms with E-state index in [0.717, 1.165) is 10.9 Å². The molecule has 0 bridgehead atoms. The molecule has 0 aliphatic rings. The van der Waals surface area contributed by atoms with Crippen LogP contribution in [0.15, 0.2) is 53.0 Å². The summed E-state index contributed by atoms with van der Waals surface area (Å²) < 4.78 is 0.841. The number of halogens is 1. The average molecular weight is 361 g/mol. The smallest absolute Gasteiger partial charge is 0.255 e. The number of benzene rings is 2. The monoisotopic (exact) mass is 360 g/mol. The fourth-order valence-electron chi connectivity index (χ4n) is 1.91. The number of amides is 2. The van der Waals surface area contributed by atoms with Crippen LogP contribution in [0.5, 0.6) is 0 Å². The Morgan fingerprint density at radius 1 is 1.00 bits per heavy atom. The molecule has 2 aromatic carbocycles. The maximum absolute atomic E-state index is 12.2. The lowest BCUT2D eigenvalue weighted by atomic mass is 10.1. The van der Waals surface area contributed by atoms with Crippen molar-refractivity contribution in [1.82, 2.24) is 5.32 Å². The fraction of sp³-hybridized carbons (Fsp3) is 0.176. The lowest BCUT2D eigenvalue weighted by Crippen LogP contribution is -2.24. The fourth-order valence-corrected chi connectivity index (χ4v) is 2.31. The van der Waals surface area contributed by atoms with Gasteiger partial charge < -0.3 is 10.6 Å². The van der Waals surface area contributed by atoms with E-state index < -0.39 is 0 Å². The van der Waals surface area contributed by atoms with Gasteiger partial charge in [-0.3, -0.25) is 9.59 Å². The quantitative estimate of drug-likeness (QED) is 0.850. The summed E-state index contributed by atoms with van der Waals surface area (Å²) in [5, 5.41) is 5.61. The molecule has 4 nitrogen and oxygen atoms in total. The average Bonchev–Trinajstić information content (AvgIpc) is 2.52. The number of carbonyl (C=O) groups excluding carboxylic acids is 2. The van der Waals surface area contributed by atoms with Crippen LogP contribution in [0, 0.1) is 0 Å². The molecule has 0 aliphatic heterocycles. The first-order valence-electron chi connectivity index (χ1n) is 7.05. The van der Waals surface area contributed by atoms with E-state index in [1.807, 2.05) is 13.0 Å². The topological polar surface area (TPSA) is 58.2 Å². The molecule has 2 aromatic rings. The molecule has 0 atom stereocenters. The Morgan fingerprint density at radius 2 is 1.68 bits per heavy atom. The molecule has 0 radical (unpaired) electrons. The summed E-state index contributed by atoms with van der Waals surface area (Å²) >= 11 is 3.34. The number of hydrogen-bond acceptors (Lipinski definition) is 2. The number of hydrogen-bond donors (Lipinski definition) is 2. The number of rotatable bonds is 5. The van der Waals surface area contributed by atoms with E-state index >= 15 is 0 Å². The van der Waals surface area contributed by atoms with Crippen molar-refractivity contribution in [2.24, 2.45) is 0 Å². The molecule has 0 aromatic heterocycles. The normalized spacial score (nSPS) is 10.1. The van der Waals surface area contributed by atoms with Gasteiger partial charge in [0.25, 0.3) is 11.8 Å². The molecule has 0 unspecified atom stereocenters. The van der Waals surface area contributed by atoms with E-state index in [0.29, 0.717) is 23.4 Å². The zero-order valence-electron chi connectivity index (χ0n) is 12.2. The first-order valence-corrected chi connectivity index (χ1v) is 7.84. The van der Waals surface area contributed by atoms with Crippen molar-refractivity contribution in [2.75, 3.05) is 11.9 Å². The molecule has 0 saturated heterocycles. The van der Waals surface area contributed by atoms with Crippen LogP contribution in [0.1, 0.15) is 34.1 Å². The second kappa shape index (κ2) is 7.75. The summed E-state index contributed by atoms with van der Waals surface area (Å²) in [4.78, 5) is 24.1. The Morgan fingerprint density at radius 3 is 2.36 bits per heavy atom. The highest BCUT2D eigenvalue weighted by atomic mass is 79.9. The molecular weight excluding hydrogens is 344 g/mol. The molecule has 22 heavy (non-hydrogen) atoms. The molecule has 2 amide bonds. The first-order chi connectivity index (χ1) is 10.6. The van der Waals surface area contributed by atoms with Crippen LogP contribution in [-0.2, 0) is 0 Å². The highest BCUT2D eigenvalue weighted by molar-refractivity contribution is 9.10. The molecule has 2 rings (SSSR count). The predicted octanol–water partition coefficient (Wildman–Crippen LogP) is 3.84. The maximum atomic E-state index is 12.2. The van der Waals surface area contributed by atoms with Crippen molar-refractivity contribution in [3.8, 4) is 0 Å². The Labute approximate surface area is 138 Å². The van der Waals surface area contributed by atoms with Crippen LogP contribution in [0.25, 0.3) is 0 Å². The minimum atomic E-state index is -0.215. The largest absolute Gasteiger partial charge is 0.352 e. The summed E-state index contributed by atoms with van der Waals surface area (Å²) in [6.45, 7) is 2.63. The summed E-state index contributed by atoms with van der Waals surface area (Å²) in [5.74, 6) is -0.354. The standard InChI is InChI=1S/C17H17BrN2O2/c1-2-9-19-16(21)13-6-4-8-15(11-13)20-17(22)12-5-3-7-14(18)10-12/h3-8,10-11H,2,9H2,1H3,(H,19,21)(H,20,22). The molecule has 0 spiro atoms. The molecule has 0 saturated carbocycles. The number of carbonyl (C=O) groups is 2. The zero-order chi connectivity index (χ0) is 15.9. The highest BCUT2D eigenvalue weighted by Gasteiger charge is 2.09. The van der Waals surface area contributed by atoms with Crippen LogP contribution in [-0.4, -0.2) is 18.4 Å². The molecule has 0 aliphatic carbocycles. The second-order valence-electron chi connectivity index (χ2n) is 4.80. The number of anilines is 1. The second-order valence-corrected chi connectivity index (χ2v) is 5.72. The van der Waals surface area contributed by atoms with E-state index in [4.69, 9.17) is 0 Å². The molecule has 0 fully saturated rings. The Balaban J connectivity index is 2.10. The molecule has 5 heteroatoms. The summed E-state index contributed by atoms with van der Waals surface area (Å²) in [6.07, 6.45) is 0.880.